The lowest BCUT2D eigenvalue weighted by atomic mass is 9.96. The van der Waals surface area contributed by atoms with Crippen molar-refractivity contribution < 1.29 is 4.79 Å². The molecule has 0 amide bonds. The van der Waals surface area contributed by atoms with Gasteiger partial charge in [0.15, 0.2) is 5.78 Å². The maximum atomic E-state index is 12.6. The molecule has 2 nitrogen and oxygen atoms in total. The third-order valence-corrected chi connectivity index (χ3v) is 5.21. The molecule has 0 saturated carbocycles. The number of fused-ring (bicyclic) bond motifs is 1. The van der Waals surface area contributed by atoms with Crippen molar-refractivity contribution in [2.45, 2.75) is 25.7 Å². The van der Waals surface area contributed by atoms with Gasteiger partial charge in [0, 0.05) is 30.8 Å². The molecule has 1 aliphatic carbocycles. The summed E-state index contributed by atoms with van der Waals surface area (Å²) in [6.45, 7) is 2.09. The van der Waals surface area contributed by atoms with Gasteiger partial charge in [-0.05, 0) is 54.2 Å². The van der Waals surface area contributed by atoms with E-state index in [2.05, 4.69) is 47.4 Å². The van der Waals surface area contributed by atoms with Gasteiger partial charge in [0.05, 0.1) is 0 Å². The minimum Gasteiger partial charge on any atom is -0.371 e. The third-order valence-electron chi connectivity index (χ3n) is 5.21. The lowest BCUT2D eigenvalue weighted by Crippen LogP contribution is -2.26. The highest BCUT2D eigenvalue weighted by atomic mass is 16.1. The van der Waals surface area contributed by atoms with Crippen LogP contribution in [0, 0.1) is 0 Å². The van der Waals surface area contributed by atoms with E-state index in [1.54, 1.807) is 0 Å². The van der Waals surface area contributed by atoms with Crippen molar-refractivity contribution >= 4 is 5.78 Å². The average Bonchev–Trinajstić information content (AvgIpc) is 2.81. The van der Waals surface area contributed by atoms with Gasteiger partial charge in [0.1, 0.15) is 0 Å². The predicted octanol–water partition coefficient (Wildman–Crippen LogP) is 4.36. The highest BCUT2D eigenvalue weighted by Crippen LogP contribution is 2.23. The second-order valence-corrected chi connectivity index (χ2v) is 6.83. The van der Waals surface area contributed by atoms with Crippen LogP contribution in [0.25, 0.3) is 0 Å². The standard InChI is InChI=1S/C23H23NO/c25-23(12-9-18-5-2-1-3-6-18)21-11-10-19-13-15-24(22-7-4-8-22)16-14-20(19)17-21/h1-8,10-11,17H,9,12-16H2. The minimum atomic E-state index is 0.248. The van der Waals surface area contributed by atoms with E-state index in [0.717, 1.165) is 37.9 Å². The van der Waals surface area contributed by atoms with Crippen molar-refractivity contribution in [2.24, 2.45) is 0 Å². The van der Waals surface area contributed by atoms with Crippen LogP contribution in [0.2, 0.25) is 0 Å². The summed E-state index contributed by atoms with van der Waals surface area (Å²) in [5.41, 5.74) is 6.17. The van der Waals surface area contributed by atoms with Crippen LogP contribution in [-0.2, 0) is 19.3 Å². The van der Waals surface area contributed by atoms with E-state index < -0.39 is 0 Å². The Morgan fingerprint density at radius 1 is 0.960 bits per heavy atom. The summed E-state index contributed by atoms with van der Waals surface area (Å²) in [5.74, 6) is 0.248. The monoisotopic (exact) mass is 329 g/mol. The molecule has 25 heavy (non-hydrogen) atoms. The third kappa shape index (κ3) is 3.58. The Kier molecular flexibility index (Phi) is 4.51. The molecular formula is C23H23NO. The Morgan fingerprint density at radius 3 is 2.44 bits per heavy atom. The Balaban J connectivity index is 1.42. The van der Waals surface area contributed by atoms with Crippen molar-refractivity contribution in [3.8, 4) is 0 Å². The number of hydrogen-bond donors (Lipinski definition) is 0. The number of rotatable bonds is 5. The molecule has 4 rings (SSSR count). The van der Waals surface area contributed by atoms with Crippen LogP contribution in [0.4, 0.5) is 0 Å². The fourth-order valence-corrected chi connectivity index (χ4v) is 3.60. The molecule has 0 bridgehead atoms. The lowest BCUT2D eigenvalue weighted by molar-refractivity contribution is 0.0982. The van der Waals surface area contributed by atoms with E-state index in [0.29, 0.717) is 6.42 Å². The first-order valence-electron chi connectivity index (χ1n) is 9.12. The number of nitrogens with zero attached hydrogens (tertiary/aromatic N) is 1. The number of Topliss-reactive ketones (excluding diaryl/α,β-unsaturated/α-hetero) is 1. The van der Waals surface area contributed by atoms with Gasteiger partial charge in [-0.25, -0.2) is 0 Å². The molecule has 2 aliphatic rings. The predicted molar refractivity (Wildman–Crippen MR) is 102 cm³/mol. The van der Waals surface area contributed by atoms with Crippen molar-refractivity contribution in [3.63, 3.8) is 0 Å². The first-order valence-corrected chi connectivity index (χ1v) is 9.12. The van der Waals surface area contributed by atoms with Crippen LogP contribution in [0.1, 0.15) is 33.5 Å². The van der Waals surface area contributed by atoms with Gasteiger partial charge in [-0.15, -0.1) is 0 Å². The topological polar surface area (TPSA) is 20.3 Å². The summed E-state index contributed by atoms with van der Waals surface area (Å²) in [6, 6.07) is 16.6. The first-order chi connectivity index (χ1) is 12.3. The van der Waals surface area contributed by atoms with Gasteiger partial charge in [-0.2, -0.15) is 0 Å². The molecule has 2 aromatic rings. The molecule has 0 aromatic heterocycles. The van der Waals surface area contributed by atoms with Crippen molar-refractivity contribution in [1.29, 1.82) is 0 Å². The molecule has 0 N–H and O–H groups in total. The largest absolute Gasteiger partial charge is 0.371 e. The van der Waals surface area contributed by atoms with Crippen LogP contribution >= 0.6 is 0 Å². The molecule has 0 saturated heterocycles. The van der Waals surface area contributed by atoms with Gasteiger partial charge in [-0.3, -0.25) is 4.79 Å². The van der Waals surface area contributed by atoms with Gasteiger partial charge in [0.25, 0.3) is 0 Å². The fraction of sp³-hybridized carbons (Fsp3) is 0.261. The molecule has 2 heteroatoms. The zero-order chi connectivity index (χ0) is 17.1. The van der Waals surface area contributed by atoms with Crippen molar-refractivity contribution in [3.05, 3.63) is 94.7 Å². The van der Waals surface area contributed by atoms with Crippen LogP contribution in [0.3, 0.4) is 0 Å². The van der Waals surface area contributed by atoms with Crippen molar-refractivity contribution in [2.75, 3.05) is 13.1 Å². The normalized spacial score (nSPS) is 15.8. The summed E-state index contributed by atoms with van der Waals surface area (Å²) >= 11 is 0. The summed E-state index contributed by atoms with van der Waals surface area (Å²) < 4.78 is 0. The maximum Gasteiger partial charge on any atom is 0.163 e. The maximum absolute atomic E-state index is 12.6. The summed E-state index contributed by atoms with van der Waals surface area (Å²) in [4.78, 5) is 15.0. The fourth-order valence-electron chi connectivity index (χ4n) is 3.60. The second kappa shape index (κ2) is 7.10. The van der Waals surface area contributed by atoms with Gasteiger partial charge in [0.2, 0.25) is 0 Å². The number of allylic oxidation sites excluding steroid dienone is 3. The van der Waals surface area contributed by atoms with Crippen LogP contribution < -0.4 is 0 Å². The Hall–Kier alpha value is -2.61. The summed E-state index contributed by atoms with van der Waals surface area (Å²) in [5, 5.41) is 0. The smallest absolute Gasteiger partial charge is 0.163 e. The molecule has 0 spiro atoms. The van der Waals surface area contributed by atoms with Gasteiger partial charge >= 0.3 is 0 Å². The molecule has 0 unspecified atom stereocenters. The highest BCUT2D eigenvalue weighted by Gasteiger charge is 2.17. The Labute approximate surface area is 149 Å². The van der Waals surface area contributed by atoms with Crippen LogP contribution in [-0.4, -0.2) is 23.8 Å². The number of carbonyl (C=O) groups is 1. The molecule has 0 radical (unpaired) electrons. The zero-order valence-electron chi connectivity index (χ0n) is 14.4. The Morgan fingerprint density at radius 2 is 1.72 bits per heavy atom. The van der Waals surface area contributed by atoms with E-state index in [1.807, 2.05) is 24.3 Å². The number of carbonyl (C=O) groups excluding carboxylic acids is 1. The lowest BCUT2D eigenvalue weighted by Gasteiger charge is -2.26. The van der Waals surface area contributed by atoms with Crippen LogP contribution in [0.15, 0.2) is 72.5 Å². The second-order valence-electron chi connectivity index (χ2n) is 6.83. The van der Waals surface area contributed by atoms with E-state index in [4.69, 9.17) is 0 Å². The zero-order valence-corrected chi connectivity index (χ0v) is 14.4. The number of ketones is 1. The van der Waals surface area contributed by atoms with E-state index in [9.17, 15) is 4.79 Å². The summed E-state index contributed by atoms with van der Waals surface area (Å²) in [7, 11) is 0. The Bertz CT molecular complexity index is 832. The molecule has 2 aromatic carbocycles. The molecule has 1 aliphatic heterocycles. The van der Waals surface area contributed by atoms with Crippen LogP contribution in [0.5, 0.6) is 0 Å². The molecule has 0 fully saturated rings. The minimum absolute atomic E-state index is 0.248. The molecule has 0 atom stereocenters. The van der Waals surface area contributed by atoms with Crippen molar-refractivity contribution in [1.82, 2.24) is 4.90 Å². The van der Waals surface area contributed by atoms with Gasteiger partial charge in [-0.1, -0.05) is 48.5 Å². The average molecular weight is 329 g/mol. The first kappa shape index (κ1) is 15.9. The summed E-state index contributed by atoms with van der Waals surface area (Å²) in [6.07, 6.45) is 9.90. The number of benzene rings is 2. The molecular weight excluding hydrogens is 306 g/mol. The van der Waals surface area contributed by atoms with E-state index in [1.165, 1.54) is 22.4 Å². The SMILES string of the molecule is O=C(CCc1ccccc1)c1ccc2c(c1)CCN(C1=CC=C1)CC2. The number of hydrogen-bond acceptors (Lipinski definition) is 2. The van der Waals surface area contributed by atoms with Gasteiger partial charge < -0.3 is 4.90 Å². The number of aryl methyl sites for hydroxylation is 1. The quantitative estimate of drug-likeness (QED) is 0.760. The van der Waals surface area contributed by atoms with E-state index in [-0.39, 0.29) is 5.78 Å². The van der Waals surface area contributed by atoms with E-state index >= 15 is 0 Å². The molecule has 1 heterocycles. The highest BCUT2D eigenvalue weighted by molar-refractivity contribution is 5.96. The molecule has 126 valence electrons.